The molecule has 0 aliphatic heterocycles. The first-order valence-electron chi connectivity index (χ1n) is 15.1. The van der Waals surface area contributed by atoms with Gasteiger partial charge in [-0.2, -0.15) is 0 Å². The number of nitrogens with zero attached hydrogens (tertiary/aromatic N) is 2. The highest BCUT2D eigenvalue weighted by Gasteiger charge is 2.23. The lowest BCUT2D eigenvalue weighted by atomic mass is 10.1. The van der Waals surface area contributed by atoms with E-state index in [2.05, 4.69) is 0 Å². The summed E-state index contributed by atoms with van der Waals surface area (Å²) in [6.45, 7) is 1.59. The summed E-state index contributed by atoms with van der Waals surface area (Å²) in [5, 5.41) is 11.2. The quantitative estimate of drug-likeness (QED) is 0.133. The number of carboxylic acids is 1. The fraction of sp³-hybridized carbons (Fsp3) is 0.222. The molecule has 6 aromatic rings. The fourth-order valence-corrected chi connectivity index (χ4v) is 6.48. The van der Waals surface area contributed by atoms with Crippen LogP contribution >= 0.6 is 23.2 Å². The van der Waals surface area contributed by atoms with Crippen molar-refractivity contribution >= 4 is 78.8 Å². The number of pyridine rings is 2. The maximum absolute atomic E-state index is 13.0. The van der Waals surface area contributed by atoms with Crippen LogP contribution in [0.5, 0.6) is 23.0 Å². The average molecular weight is 724 g/mol. The van der Waals surface area contributed by atoms with Gasteiger partial charge < -0.3 is 37.9 Å². The molecule has 0 saturated heterocycles. The highest BCUT2D eigenvalue weighted by atomic mass is 35.5. The number of ether oxygens (including phenoxy) is 5. The summed E-state index contributed by atoms with van der Waals surface area (Å²) in [5.74, 6) is -0.375. The number of esters is 1. The molecule has 0 saturated carbocycles. The van der Waals surface area contributed by atoms with E-state index in [1.54, 1.807) is 66.1 Å². The molecule has 12 nitrogen and oxygen atoms in total. The molecule has 2 aromatic heterocycles. The molecule has 0 bridgehead atoms. The zero-order chi connectivity index (χ0) is 36.3. The predicted molar refractivity (Wildman–Crippen MR) is 192 cm³/mol. The van der Waals surface area contributed by atoms with Gasteiger partial charge in [0.25, 0.3) is 0 Å². The van der Waals surface area contributed by atoms with Gasteiger partial charge in [0.15, 0.2) is 22.4 Å². The van der Waals surface area contributed by atoms with Crippen molar-refractivity contribution in [2.24, 2.45) is 0 Å². The number of carbonyl (C=O) groups is 2. The average Bonchev–Trinajstić information content (AvgIpc) is 3.11. The predicted octanol–water partition coefficient (Wildman–Crippen LogP) is 6.30. The number of hydrogen-bond acceptors (Lipinski definition) is 9. The van der Waals surface area contributed by atoms with Crippen molar-refractivity contribution in [2.45, 2.75) is 20.0 Å². The molecule has 0 unspecified atom stereocenters. The molecular weight excluding hydrogens is 691 g/mol. The lowest BCUT2D eigenvalue weighted by Crippen LogP contribution is -2.18. The van der Waals surface area contributed by atoms with E-state index in [0.717, 1.165) is 0 Å². The van der Waals surface area contributed by atoms with E-state index in [9.17, 15) is 24.3 Å². The molecule has 1 N–H and O–H groups in total. The molecule has 0 radical (unpaired) electrons. The van der Waals surface area contributed by atoms with Crippen molar-refractivity contribution in [3.05, 3.63) is 91.2 Å². The number of benzene rings is 4. The topological polar surface area (TPSA) is 145 Å². The molecule has 0 aliphatic rings. The van der Waals surface area contributed by atoms with Gasteiger partial charge in [0.2, 0.25) is 0 Å². The number of halogens is 2. The highest BCUT2D eigenvalue weighted by molar-refractivity contribution is 6.35. The molecular formula is C36H32Cl2N2O10. The zero-order valence-corrected chi connectivity index (χ0v) is 29.2. The molecule has 0 fully saturated rings. The summed E-state index contributed by atoms with van der Waals surface area (Å²) in [5.41, 5.74) is 1.42. The van der Waals surface area contributed by atoms with Gasteiger partial charge in [0.1, 0.15) is 34.6 Å². The van der Waals surface area contributed by atoms with Crippen molar-refractivity contribution in [3.8, 4) is 23.0 Å². The number of fused-ring (bicyclic) bond motifs is 4. The lowest BCUT2D eigenvalue weighted by molar-refractivity contribution is -0.143. The van der Waals surface area contributed by atoms with Crippen LogP contribution in [0.25, 0.3) is 43.6 Å². The maximum Gasteiger partial charge on any atom is 0.325 e. The van der Waals surface area contributed by atoms with Crippen molar-refractivity contribution in [1.82, 2.24) is 9.13 Å². The Balaban J connectivity index is 0.000000195. The number of para-hydroxylation sites is 2. The first kappa shape index (κ1) is 35.8. The van der Waals surface area contributed by atoms with Gasteiger partial charge in [-0.15, -0.1) is 0 Å². The minimum Gasteiger partial charge on any atom is -0.495 e. The van der Waals surface area contributed by atoms with Crippen LogP contribution in [0, 0.1) is 0 Å². The number of rotatable bonds is 9. The fourth-order valence-electron chi connectivity index (χ4n) is 5.89. The standard InChI is InChI=1S/C19H18ClNO5.C17H14ClNO5/c1-4-26-15(22)10-21-13-8-6-5-7-11(13)18(23)12-9-14(24-2)16(20)19(25-3)17(12)21;1-23-12-7-10-15(17(24-2)14(12)18)19(8-13(20)21)11-6-4-3-5-9(11)16(10)22/h5-9H,4,10H2,1-3H3;3-7H,8H2,1-2H3,(H,20,21). The third-order valence-electron chi connectivity index (χ3n) is 7.96. The van der Waals surface area contributed by atoms with Gasteiger partial charge in [-0.25, -0.2) is 0 Å². The van der Waals surface area contributed by atoms with E-state index in [1.165, 1.54) is 39.1 Å². The number of methoxy groups -OCH3 is 4. The minimum absolute atomic E-state index is 0.0792. The SMILES string of the molecule is CCOC(=O)Cn1c2ccccc2c(=O)c2cc(OC)c(Cl)c(OC)c21.COc1cc2c(=O)c3ccccc3n(CC(=O)O)c2c(OC)c1Cl. The van der Waals surface area contributed by atoms with E-state index < -0.39 is 11.9 Å². The van der Waals surface area contributed by atoms with E-state index in [4.69, 9.17) is 46.9 Å². The van der Waals surface area contributed by atoms with Crippen molar-refractivity contribution < 1.29 is 38.4 Å². The third kappa shape index (κ3) is 6.35. The van der Waals surface area contributed by atoms with Gasteiger partial charge in [-0.05, 0) is 43.3 Å². The second kappa shape index (κ2) is 15.0. The number of carboxylic acid groups (broad SMARTS) is 1. The Labute approximate surface area is 294 Å². The molecule has 2 heterocycles. The Morgan fingerprint density at radius 3 is 1.46 bits per heavy atom. The Bertz CT molecular complexity index is 2420. The Hall–Kier alpha value is -5.46. The molecule has 0 amide bonds. The van der Waals surface area contributed by atoms with Crippen LogP contribution in [-0.2, 0) is 27.4 Å². The normalized spacial score (nSPS) is 10.9. The lowest BCUT2D eigenvalue weighted by Gasteiger charge is -2.18. The highest BCUT2D eigenvalue weighted by Crippen LogP contribution is 2.42. The summed E-state index contributed by atoms with van der Waals surface area (Å²) in [6.07, 6.45) is 0. The number of carbonyl (C=O) groups excluding carboxylic acids is 1. The van der Waals surface area contributed by atoms with Gasteiger partial charge in [-0.3, -0.25) is 19.2 Å². The summed E-state index contributed by atoms with van der Waals surface area (Å²) >= 11 is 12.7. The van der Waals surface area contributed by atoms with Crippen LogP contribution in [0.15, 0.2) is 70.3 Å². The molecule has 14 heteroatoms. The van der Waals surface area contributed by atoms with Crippen molar-refractivity contribution in [2.75, 3.05) is 35.0 Å². The van der Waals surface area contributed by atoms with E-state index in [0.29, 0.717) is 44.0 Å². The van der Waals surface area contributed by atoms with Crippen LogP contribution in [0.3, 0.4) is 0 Å². The van der Waals surface area contributed by atoms with Crippen molar-refractivity contribution in [3.63, 3.8) is 0 Å². The first-order valence-corrected chi connectivity index (χ1v) is 15.9. The number of hydrogen-bond donors (Lipinski definition) is 1. The van der Waals surface area contributed by atoms with Crippen LogP contribution in [-0.4, -0.2) is 61.2 Å². The smallest absolute Gasteiger partial charge is 0.325 e. The van der Waals surface area contributed by atoms with Crippen LogP contribution < -0.4 is 29.8 Å². The molecule has 0 aliphatic carbocycles. The molecule has 260 valence electrons. The summed E-state index contributed by atoms with van der Waals surface area (Å²) in [4.78, 5) is 49.4. The molecule has 0 atom stereocenters. The van der Waals surface area contributed by atoms with E-state index in [1.807, 2.05) is 0 Å². The third-order valence-corrected chi connectivity index (χ3v) is 8.68. The monoisotopic (exact) mass is 722 g/mol. The Morgan fingerprint density at radius 1 is 0.660 bits per heavy atom. The maximum atomic E-state index is 13.0. The van der Waals surface area contributed by atoms with Gasteiger partial charge in [0.05, 0.1) is 67.9 Å². The number of aromatic nitrogens is 2. The molecule has 0 spiro atoms. The molecule has 6 rings (SSSR count). The second-order valence-corrected chi connectivity index (χ2v) is 11.5. The second-order valence-electron chi connectivity index (χ2n) is 10.7. The van der Waals surface area contributed by atoms with Crippen LogP contribution in [0.1, 0.15) is 6.92 Å². The van der Waals surface area contributed by atoms with E-state index >= 15 is 0 Å². The Morgan fingerprint density at radius 2 is 1.08 bits per heavy atom. The van der Waals surface area contributed by atoms with Gasteiger partial charge >= 0.3 is 11.9 Å². The van der Waals surface area contributed by atoms with Crippen LogP contribution in [0.4, 0.5) is 0 Å². The summed E-state index contributed by atoms with van der Waals surface area (Å²) in [7, 11) is 5.76. The van der Waals surface area contributed by atoms with Crippen LogP contribution in [0.2, 0.25) is 10.0 Å². The first-order chi connectivity index (χ1) is 24.0. The summed E-state index contributed by atoms with van der Waals surface area (Å²) in [6, 6.07) is 16.9. The van der Waals surface area contributed by atoms with Gasteiger partial charge in [-0.1, -0.05) is 47.5 Å². The molecule has 50 heavy (non-hydrogen) atoms. The largest absolute Gasteiger partial charge is 0.495 e. The number of aliphatic carboxylic acids is 1. The zero-order valence-electron chi connectivity index (χ0n) is 27.7. The van der Waals surface area contributed by atoms with E-state index in [-0.39, 0.29) is 63.2 Å². The Kier molecular flexibility index (Phi) is 10.7. The van der Waals surface area contributed by atoms with Crippen molar-refractivity contribution in [1.29, 1.82) is 0 Å². The minimum atomic E-state index is -1.04. The summed E-state index contributed by atoms with van der Waals surface area (Å²) < 4.78 is 29.6. The van der Waals surface area contributed by atoms with Gasteiger partial charge in [0, 0.05) is 10.8 Å². The molecule has 4 aromatic carbocycles.